The maximum atomic E-state index is 12.7. The third-order valence-corrected chi connectivity index (χ3v) is 2.09. The summed E-state index contributed by atoms with van der Waals surface area (Å²) in [6.07, 6.45) is -5.25. The smallest absolute Gasteiger partial charge is 0.332 e. The lowest BCUT2D eigenvalue weighted by Crippen LogP contribution is -2.67. The molecular formula is C6H6F3N5O. The van der Waals surface area contributed by atoms with E-state index < -0.39 is 29.7 Å². The van der Waals surface area contributed by atoms with Crippen molar-refractivity contribution in [1.82, 2.24) is 10.6 Å². The number of amides is 1. The van der Waals surface area contributed by atoms with Gasteiger partial charge in [0.25, 0.3) is 11.4 Å². The van der Waals surface area contributed by atoms with Crippen LogP contribution < -0.4 is 16.4 Å². The quantitative estimate of drug-likeness (QED) is 0.474. The Labute approximate surface area is 81.4 Å². The largest absolute Gasteiger partial charge is 0.430 e. The van der Waals surface area contributed by atoms with Crippen LogP contribution >= 0.6 is 0 Å². The van der Waals surface area contributed by atoms with Crippen LogP contribution in [0.5, 0.6) is 0 Å². The lowest BCUT2D eigenvalue weighted by molar-refractivity contribution is -0.176. The van der Waals surface area contributed by atoms with E-state index in [0.717, 1.165) is 6.34 Å². The Hall–Kier alpha value is -1.64. The second kappa shape index (κ2) is 2.69. The lowest BCUT2D eigenvalue weighted by Gasteiger charge is -2.32. The SMILES string of the molecule is NC1N=C2NC=NC2(C(F)(F)F)C(=O)N1. The highest BCUT2D eigenvalue weighted by molar-refractivity contribution is 6.20. The van der Waals surface area contributed by atoms with Crippen LogP contribution in [0.2, 0.25) is 0 Å². The van der Waals surface area contributed by atoms with E-state index >= 15 is 0 Å². The molecule has 0 bridgehead atoms. The zero-order valence-corrected chi connectivity index (χ0v) is 7.17. The molecule has 2 aliphatic rings. The molecule has 2 aliphatic heterocycles. The number of nitrogens with one attached hydrogen (secondary N) is 2. The van der Waals surface area contributed by atoms with Gasteiger partial charge in [0.15, 0.2) is 12.1 Å². The predicted octanol–water partition coefficient (Wildman–Crippen LogP) is -1.31. The fourth-order valence-corrected chi connectivity index (χ4v) is 1.40. The molecule has 0 spiro atoms. The summed E-state index contributed by atoms with van der Waals surface area (Å²) in [5, 5.41) is 4.04. The highest BCUT2D eigenvalue weighted by Crippen LogP contribution is 2.37. The van der Waals surface area contributed by atoms with Crippen LogP contribution in [-0.2, 0) is 4.79 Å². The number of carbonyl (C=O) groups excluding carboxylic acids is 1. The van der Waals surface area contributed by atoms with Crippen LogP contribution in [-0.4, -0.2) is 36.1 Å². The van der Waals surface area contributed by atoms with E-state index in [1.807, 2.05) is 5.32 Å². The average molecular weight is 221 g/mol. The van der Waals surface area contributed by atoms with Crippen LogP contribution in [0.4, 0.5) is 13.2 Å². The minimum absolute atomic E-state index is 0.591. The van der Waals surface area contributed by atoms with Crippen LogP contribution in [0.25, 0.3) is 0 Å². The maximum Gasteiger partial charge on any atom is 0.430 e. The van der Waals surface area contributed by atoms with Gasteiger partial charge in [-0.1, -0.05) is 0 Å². The van der Waals surface area contributed by atoms with Gasteiger partial charge in [-0.15, -0.1) is 0 Å². The zero-order valence-electron chi connectivity index (χ0n) is 7.17. The molecule has 6 nitrogen and oxygen atoms in total. The van der Waals surface area contributed by atoms with E-state index in [-0.39, 0.29) is 0 Å². The highest BCUT2D eigenvalue weighted by Gasteiger charge is 2.67. The molecule has 0 saturated heterocycles. The van der Waals surface area contributed by atoms with Gasteiger partial charge in [-0.2, -0.15) is 13.2 Å². The third-order valence-electron chi connectivity index (χ3n) is 2.09. The fourth-order valence-electron chi connectivity index (χ4n) is 1.40. The lowest BCUT2D eigenvalue weighted by atomic mass is 9.96. The van der Waals surface area contributed by atoms with Gasteiger partial charge in [-0.3, -0.25) is 10.5 Å². The normalized spacial score (nSPS) is 34.3. The van der Waals surface area contributed by atoms with Gasteiger partial charge in [0.1, 0.15) is 0 Å². The Kier molecular flexibility index (Phi) is 1.77. The van der Waals surface area contributed by atoms with Crippen molar-refractivity contribution in [3.8, 4) is 0 Å². The van der Waals surface area contributed by atoms with E-state index in [2.05, 4.69) is 15.3 Å². The molecule has 0 radical (unpaired) electrons. The van der Waals surface area contributed by atoms with Crippen molar-refractivity contribution in [2.75, 3.05) is 0 Å². The Morgan fingerprint density at radius 3 is 2.80 bits per heavy atom. The van der Waals surface area contributed by atoms with Crippen LogP contribution in [0, 0.1) is 0 Å². The standard InChI is InChI=1S/C6H6F3N5O/c7-6(8,9)5-2(11-1-12-5)13-4(10)14-3(5)15/h1,4H,10H2,(H,14,15)(H,11,12,13). The number of hydrogen-bond acceptors (Lipinski definition) is 5. The number of nitrogens with zero attached hydrogens (tertiary/aromatic N) is 2. The summed E-state index contributed by atoms with van der Waals surface area (Å²) in [5.41, 5.74) is 2.25. The first-order chi connectivity index (χ1) is 6.88. The number of carbonyl (C=O) groups is 1. The van der Waals surface area contributed by atoms with E-state index in [1.54, 1.807) is 0 Å². The van der Waals surface area contributed by atoms with Gasteiger partial charge in [0, 0.05) is 0 Å². The first-order valence-electron chi connectivity index (χ1n) is 3.90. The fraction of sp³-hybridized carbons (Fsp3) is 0.500. The highest BCUT2D eigenvalue weighted by atomic mass is 19.4. The van der Waals surface area contributed by atoms with Crippen LogP contribution in [0.15, 0.2) is 9.98 Å². The third kappa shape index (κ3) is 1.12. The first kappa shape index (κ1) is 9.90. The molecule has 0 aromatic carbocycles. The number of aliphatic imine (C=N–C) groups is 2. The molecule has 0 aromatic rings. The van der Waals surface area contributed by atoms with Crippen molar-refractivity contribution < 1.29 is 18.0 Å². The molecule has 0 saturated carbocycles. The van der Waals surface area contributed by atoms with Crippen molar-refractivity contribution in [1.29, 1.82) is 0 Å². The molecule has 1 amide bonds. The topological polar surface area (TPSA) is 91.9 Å². The van der Waals surface area contributed by atoms with Gasteiger partial charge in [0.2, 0.25) is 0 Å². The van der Waals surface area contributed by atoms with Crippen LogP contribution in [0.3, 0.4) is 0 Å². The number of rotatable bonds is 0. The number of halogens is 3. The molecule has 15 heavy (non-hydrogen) atoms. The summed E-state index contributed by atoms with van der Waals surface area (Å²) >= 11 is 0. The Balaban J connectivity index is 2.56. The van der Waals surface area contributed by atoms with Crippen molar-refractivity contribution in [3.63, 3.8) is 0 Å². The summed E-state index contributed by atoms with van der Waals surface area (Å²) < 4.78 is 38.2. The van der Waals surface area contributed by atoms with Crippen molar-refractivity contribution in [2.45, 2.75) is 18.0 Å². The van der Waals surface area contributed by atoms with Gasteiger partial charge in [0.05, 0.1) is 6.34 Å². The predicted molar refractivity (Wildman–Crippen MR) is 44.0 cm³/mol. The number of hydrogen-bond donors (Lipinski definition) is 3. The summed E-state index contributed by atoms with van der Waals surface area (Å²) in [5.74, 6) is -1.92. The van der Waals surface area contributed by atoms with Crippen molar-refractivity contribution in [2.24, 2.45) is 15.7 Å². The molecule has 4 N–H and O–H groups in total. The molecule has 2 rings (SSSR count). The second-order valence-corrected chi connectivity index (χ2v) is 3.01. The van der Waals surface area contributed by atoms with E-state index in [1.165, 1.54) is 0 Å². The molecule has 0 aliphatic carbocycles. The second-order valence-electron chi connectivity index (χ2n) is 3.01. The summed E-state index contributed by atoms with van der Waals surface area (Å²) in [6, 6.07) is 0. The van der Waals surface area contributed by atoms with Crippen molar-refractivity contribution in [3.05, 3.63) is 0 Å². The number of alkyl halides is 3. The number of fused-ring (bicyclic) bond motifs is 1. The Morgan fingerprint density at radius 2 is 2.20 bits per heavy atom. The molecule has 82 valence electrons. The van der Waals surface area contributed by atoms with Crippen LogP contribution in [0.1, 0.15) is 0 Å². The summed E-state index contributed by atoms with van der Waals surface area (Å²) in [7, 11) is 0. The van der Waals surface area contributed by atoms with Gasteiger partial charge >= 0.3 is 6.18 Å². The Bertz CT molecular complexity index is 375. The zero-order chi connectivity index (χ0) is 11.3. The molecule has 9 heteroatoms. The Morgan fingerprint density at radius 1 is 1.53 bits per heavy atom. The molecule has 0 aromatic heterocycles. The molecule has 2 atom stereocenters. The average Bonchev–Trinajstić information content (AvgIpc) is 2.46. The molecular weight excluding hydrogens is 215 g/mol. The van der Waals surface area contributed by atoms with E-state index in [0.29, 0.717) is 0 Å². The monoisotopic (exact) mass is 221 g/mol. The minimum Gasteiger partial charge on any atom is -0.332 e. The van der Waals surface area contributed by atoms with Gasteiger partial charge in [-0.05, 0) is 0 Å². The summed E-state index contributed by atoms with van der Waals surface area (Å²) in [4.78, 5) is 17.9. The molecule has 0 fully saturated rings. The van der Waals surface area contributed by atoms with Gasteiger partial charge in [-0.25, -0.2) is 9.98 Å². The van der Waals surface area contributed by atoms with Gasteiger partial charge < -0.3 is 10.6 Å². The van der Waals surface area contributed by atoms with E-state index in [9.17, 15) is 18.0 Å². The maximum absolute atomic E-state index is 12.7. The van der Waals surface area contributed by atoms with Crippen molar-refractivity contribution >= 4 is 18.1 Å². The van der Waals surface area contributed by atoms with E-state index in [4.69, 9.17) is 5.73 Å². The molecule has 2 unspecified atom stereocenters. The molecule has 2 heterocycles. The number of nitrogens with two attached hydrogens (primary N) is 1. The first-order valence-corrected chi connectivity index (χ1v) is 3.90. The minimum atomic E-state index is -4.85. The number of amidine groups is 1. The summed E-state index contributed by atoms with van der Waals surface area (Å²) in [6.45, 7) is 0.